The summed E-state index contributed by atoms with van der Waals surface area (Å²) in [7, 11) is 0. The van der Waals surface area contributed by atoms with Gasteiger partial charge in [-0.25, -0.2) is 4.98 Å². The zero-order valence-corrected chi connectivity index (χ0v) is 11.7. The van der Waals surface area contributed by atoms with E-state index in [1.807, 2.05) is 0 Å². The topological polar surface area (TPSA) is 41.0 Å². The molecule has 0 spiro atoms. The number of rotatable bonds is 4. The first-order valence-electron chi connectivity index (χ1n) is 7.10. The molecular weight excluding hydrogens is 248 g/mol. The lowest BCUT2D eigenvalue weighted by Crippen LogP contribution is -2.28. The van der Waals surface area contributed by atoms with Gasteiger partial charge in [0.1, 0.15) is 5.82 Å². The molecule has 0 radical (unpaired) electrons. The Bertz CT molecular complexity index is 529. The van der Waals surface area contributed by atoms with Crippen molar-refractivity contribution in [2.24, 2.45) is 5.92 Å². The highest BCUT2D eigenvalue weighted by atomic mass is 15.2. The van der Waals surface area contributed by atoms with E-state index >= 15 is 0 Å². The molecule has 104 valence electrons. The molecule has 0 amide bonds. The highest BCUT2D eigenvalue weighted by Crippen LogP contribution is 2.21. The minimum absolute atomic E-state index is 0.440. The van der Waals surface area contributed by atoms with Gasteiger partial charge in [0.05, 0.1) is 6.20 Å². The van der Waals surface area contributed by atoms with Crippen LogP contribution in [-0.2, 0) is 6.54 Å². The van der Waals surface area contributed by atoms with Gasteiger partial charge in [-0.1, -0.05) is 37.3 Å². The van der Waals surface area contributed by atoms with E-state index in [0.29, 0.717) is 12.0 Å². The van der Waals surface area contributed by atoms with Gasteiger partial charge >= 0.3 is 0 Å². The van der Waals surface area contributed by atoms with E-state index in [9.17, 15) is 0 Å². The predicted molar refractivity (Wildman–Crippen MR) is 80.3 cm³/mol. The summed E-state index contributed by atoms with van der Waals surface area (Å²) in [6.07, 6.45) is 5.21. The van der Waals surface area contributed by atoms with Crippen LogP contribution in [0.15, 0.2) is 48.9 Å². The third kappa shape index (κ3) is 3.14. The average Bonchev–Trinajstić information content (AvgIpc) is 2.81. The molecule has 3 rings (SSSR count). The Balaban J connectivity index is 1.59. The number of likely N-dealkylation sites (tertiary alicyclic amines) is 1. The predicted octanol–water partition coefficient (Wildman–Crippen LogP) is 2.41. The van der Waals surface area contributed by atoms with E-state index in [1.165, 1.54) is 5.56 Å². The maximum absolute atomic E-state index is 4.29. The van der Waals surface area contributed by atoms with Crippen LogP contribution in [0.5, 0.6) is 0 Å². The second kappa shape index (κ2) is 6.01. The fourth-order valence-electron chi connectivity index (χ4n) is 2.79. The highest BCUT2D eigenvalue weighted by Gasteiger charge is 2.29. The van der Waals surface area contributed by atoms with Crippen molar-refractivity contribution >= 4 is 5.82 Å². The first kappa shape index (κ1) is 13.1. The van der Waals surface area contributed by atoms with Crippen molar-refractivity contribution in [3.8, 4) is 0 Å². The number of benzene rings is 1. The van der Waals surface area contributed by atoms with Gasteiger partial charge in [0.15, 0.2) is 0 Å². The second-order valence-electron chi connectivity index (χ2n) is 5.50. The Labute approximate surface area is 119 Å². The maximum Gasteiger partial charge on any atom is 0.144 e. The lowest BCUT2D eigenvalue weighted by molar-refractivity contribution is 0.319. The molecule has 20 heavy (non-hydrogen) atoms. The van der Waals surface area contributed by atoms with E-state index in [4.69, 9.17) is 0 Å². The summed E-state index contributed by atoms with van der Waals surface area (Å²) >= 11 is 0. The molecule has 1 aliphatic rings. The molecule has 1 saturated heterocycles. The van der Waals surface area contributed by atoms with Gasteiger partial charge in [-0.15, -0.1) is 0 Å². The normalized spacial score (nSPS) is 22.9. The molecule has 4 heteroatoms. The molecule has 0 bridgehead atoms. The second-order valence-corrected chi connectivity index (χ2v) is 5.50. The van der Waals surface area contributed by atoms with E-state index in [-0.39, 0.29) is 0 Å². The van der Waals surface area contributed by atoms with Gasteiger partial charge in [0.2, 0.25) is 0 Å². The largest absolute Gasteiger partial charge is 0.364 e. The summed E-state index contributed by atoms with van der Waals surface area (Å²) in [5.74, 6) is 1.48. The lowest BCUT2D eigenvalue weighted by atomic mass is 10.1. The zero-order chi connectivity index (χ0) is 13.8. The van der Waals surface area contributed by atoms with Crippen LogP contribution in [0.4, 0.5) is 5.82 Å². The van der Waals surface area contributed by atoms with E-state index < -0.39 is 0 Å². The third-order valence-electron chi connectivity index (χ3n) is 3.83. The minimum Gasteiger partial charge on any atom is -0.364 e. The van der Waals surface area contributed by atoms with Crippen molar-refractivity contribution in [2.45, 2.75) is 19.5 Å². The molecule has 1 aliphatic heterocycles. The number of nitrogens with one attached hydrogen (secondary N) is 1. The van der Waals surface area contributed by atoms with Crippen molar-refractivity contribution in [1.29, 1.82) is 0 Å². The fraction of sp³-hybridized carbons (Fsp3) is 0.375. The standard InChI is InChI=1S/C16H20N4/c1-13-10-20(11-14-5-3-2-4-6-14)12-15(13)19-16-9-17-7-8-18-16/h2-9,13,15H,10-12H2,1H3,(H,18,19). The van der Waals surface area contributed by atoms with Crippen LogP contribution in [-0.4, -0.2) is 34.0 Å². The molecule has 1 fully saturated rings. The summed E-state index contributed by atoms with van der Waals surface area (Å²) in [4.78, 5) is 10.9. The highest BCUT2D eigenvalue weighted by molar-refractivity contribution is 5.32. The van der Waals surface area contributed by atoms with Gasteiger partial charge < -0.3 is 5.32 Å². The third-order valence-corrected chi connectivity index (χ3v) is 3.83. The van der Waals surface area contributed by atoms with Gasteiger partial charge in [0, 0.05) is 38.1 Å². The van der Waals surface area contributed by atoms with Crippen molar-refractivity contribution in [1.82, 2.24) is 14.9 Å². The number of hydrogen-bond donors (Lipinski definition) is 1. The summed E-state index contributed by atoms with van der Waals surface area (Å²) in [5.41, 5.74) is 1.37. The Morgan fingerprint density at radius 2 is 2.05 bits per heavy atom. The number of aromatic nitrogens is 2. The lowest BCUT2D eigenvalue weighted by Gasteiger charge is -2.17. The van der Waals surface area contributed by atoms with Crippen LogP contribution >= 0.6 is 0 Å². The smallest absolute Gasteiger partial charge is 0.144 e. The molecule has 0 saturated carbocycles. The molecule has 1 N–H and O–H groups in total. The Hall–Kier alpha value is -1.94. The van der Waals surface area contributed by atoms with E-state index in [2.05, 4.69) is 57.4 Å². The summed E-state index contributed by atoms with van der Waals surface area (Å²) in [6, 6.07) is 11.1. The van der Waals surface area contributed by atoms with Crippen molar-refractivity contribution < 1.29 is 0 Å². The molecule has 2 aromatic rings. The van der Waals surface area contributed by atoms with Crippen LogP contribution < -0.4 is 5.32 Å². The first-order valence-corrected chi connectivity index (χ1v) is 7.10. The number of anilines is 1. The van der Waals surface area contributed by atoms with E-state index in [1.54, 1.807) is 18.6 Å². The van der Waals surface area contributed by atoms with Gasteiger partial charge in [-0.3, -0.25) is 9.88 Å². The Morgan fingerprint density at radius 3 is 2.80 bits per heavy atom. The maximum atomic E-state index is 4.29. The summed E-state index contributed by atoms with van der Waals surface area (Å²) in [6.45, 7) is 5.47. The van der Waals surface area contributed by atoms with Crippen molar-refractivity contribution in [2.75, 3.05) is 18.4 Å². The van der Waals surface area contributed by atoms with Crippen LogP contribution in [0.2, 0.25) is 0 Å². The Kier molecular flexibility index (Phi) is 3.92. The average molecular weight is 268 g/mol. The van der Waals surface area contributed by atoms with Gasteiger partial charge in [0.25, 0.3) is 0 Å². The molecule has 0 aliphatic carbocycles. The van der Waals surface area contributed by atoms with Crippen molar-refractivity contribution in [3.05, 3.63) is 54.5 Å². The quantitative estimate of drug-likeness (QED) is 0.924. The van der Waals surface area contributed by atoms with Crippen LogP contribution in [0.25, 0.3) is 0 Å². The zero-order valence-electron chi connectivity index (χ0n) is 11.7. The summed E-state index contributed by atoms with van der Waals surface area (Å²) in [5, 5.41) is 3.49. The van der Waals surface area contributed by atoms with E-state index in [0.717, 1.165) is 25.5 Å². The van der Waals surface area contributed by atoms with Crippen LogP contribution in [0.3, 0.4) is 0 Å². The molecule has 1 aromatic heterocycles. The molecule has 1 aromatic carbocycles. The molecule has 2 heterocycles. The van der Waals surface area contributed by atoms with Crippen molar-refractivity contribution in [3.63, 3.8) is 0 Å². The minimum atomic E-state index is 0.440. The Morgan fingerprint density at radius 1 is 1.20 bits per heavy atom. The SMILES string of the molecule is CC1CN(Cc2ccccc2)CC1Nc1cnccn1. The number of nitrogens with zero attached hydrogens (tertiary/aromatic N) is 3. The van der Waals surface area contributed by atoms with Gasteiger partial charge in [-0.2, -0.15) is 0 Å². The molecule has 4 nitrogen and oxygen atoms in total. The fourth-order valence-corrected chi connectivity index (χ4v) is 2.79. The molecular formula is C16H20N4. The monoisotopic (exact) mass is 268 g/mol. The molecule has 2 atom stereocenters. The first-order chi connectivity index (χ1) is 9.81. The molecule has 2 unspecified atom stereocenters. The summed E-state index contributed by atoms with van der Waals surface area (Å²) < 4.78 is 0. The number of hydrogen-bond acceptors (Lipinski definition) is 4. The van der Waals surface area contributed by atoms with Crippen LogP contribution in [0, 0.1) is 5.92 Å². The van der Waals surface area contributed by atoms with Gasteiger partial charge in [-0.05, 0) is 11.5 Å². The van der Waals surface area contributed by atoms with Crippen LogP contribution in [0.1, 0.15) is 12.5 Å².